The molecule has 0 saturated carbocycles. The minimum absolute atomic E-state index is 0.289. The third kappa shape index (κ3) is 5.30. The molecule has 6 aromatic rings. The monoisotopic (exact) mass is 665 g/mol. The van der Waals surface area contributed by atoms with Gasteiger partial charge in [0, 0.05) is 21.0 Å². The summed E-state index contributed by atoms with van der Waals surface area (Å²) in [5, 5.41) is 7.04. The van der Waals surface area contributed by atoms with E-state index in [1.165, 1.54) is 4.68 Å². The molecule has 4 aromatic carbocycles. The molecule has 2 aromatic heterocycles. The molecule has 6 nitrogen and oxygen atoms in total. The van der Waals surface area contributed by atoms with Crippen molar-refractivity contribution in [3.05, 3.63) is 126 Å². The van der Waals surface area contributed by atoms with Crippen LogP contribution in [0, 0.1) is 3.57 Å². The van der Waals surface area contributed by atoms with Gasteiger partial charge in [-0.3, -0.25) is 4.79 Å². The van der Waals surface area contributed by atoms with Gasteiger partial charge in [-0.1, -0.05) is 53.5 Å². The Kier molecular flexibility index (Phi) is 7.12. The lowest BCUT2D eigenvalue weighted by Crippen LogP contribution is -2.20. The predicted molar refractivity (Wildman–Crippen MR) is 164 cm³/mol. The fourth-order valence-electron chi connectivity index (χ4n) is 4.12. The van der Waals surface area contributed by atoms with E-state index in [-0.39, 0.29) is 11.4 Å². The van der Waals surface area contributed by atoms with Crippen molar-refractivity contribution in [1.82, 2.24) is 9.66 Å². The maximum absolute atomic E-state index is 13.5. The zero-order chi connectivity index (χ0) is 26.9. The van der Waals surface area contributed by atoms with Crippen molar-refractivity contribution in [2.75, 3.05) is 0 Å². The molecule has 0 N–H and O–H groups in total. The van der Waals surface area contributed by atoms with Crippen LogP contribution >= 0.6 is 45.8 Å². The molecule has 39 heavy (non-hydrogen) atoms. The maximum atomic E-state index is 13.5. The van der Waals surface area contributed by atoms with Crippen LogP contribution in [0.4, 0.5) is 0 Å². The summed E-state index contributed by atoms with van der Waals surface area (Å²) in [6.45, 7) is 0.355. The lowest BCUT2D eigenvalue weighted by molar-refractivity contribution is 0.304. The van der Waals surface area contributed by atoms with Gasteiger partial charge in [0.25, 0.3) is 5.56 Å². The molecule has 0 saturated heterocycles. The molecule has 0 radical (unpaired) electrons. The third-order valence-electron chi connectivity index (χ3n) is 6.07. The van der Waals surface area contributed by atoms with Crippen LogP contribution in [0.15, 0.2) is 105 Å². The number of ether oxygens (including phenoxy) is 1. The van der Waals surface area contributed by atoms with E-state index in [1.807, 2.05) is 48.5 Å². The molecule has 0 bridgehead atoms. The van der Waals surface area contributed by atoms with Crippen LogP contribution in [0.5, 0.6) is 5.75 Å². The summed E-state index contributed by atoms with van der Waals surface area (Å²) in [5.41, 5.74) is 2.57. The van der Waals surface area contributed by atoms with Crippen LogP contribution in [0.3, 0.4) is 0 Å². The van der Waals surface area contributed by atoms with Gasteiger partial charge in [-0.15, -0.1) is 0 Å². The molecule has 0 spiro atoms. The van der Waals surface area contributed by atoms with Gasteiger partial charge in [0.15, 0.2) is 5.76 Å². The highest BCUT2D eigenvalue weighted by Crippen LogP contribution is 2.29. The van der Waals surface area contributed by atoms with Crippen molar-refractivity contribution < 1.29 is 9.15 Å². The Morgan fingerprint density at radius 1 is 0.974 bits per heavy atom. The molecule has 0 atom stereocenters. The molecule has 0 aliphatic carbocycles. The Morgan fingerprint density at radius 3 is 2.64 bits per heavy atom. The fraction of sp³-hybridized carbons (Fsp3) is 0.0333. The number of fused-ring (bicyclic) bond motifs is 2. The quantitative estimate of drug-likeness (QED) is 0.133. The van der Waals surface area contributed by atoms with Crippen LogP contribution in [0.2, 0.25) is 10.0 Å². The van der Waals surface area contributed by atoms with Crippen LogP contribution < -0.4 is 10.3 Å². The number of hydrogen-bond acceptors (Lipinski definition) is 5. The smallest absolute Gasteiger partial charge is 0.282 e. The second-order valence-corrected chi connectivity index (χ2v) is 10.7. The van der Waals surface area contributed by atoms with Crippen molar-refractivity contribution in [2.24, 2.45) is 5.10 Å². The van der Waals surface area contributed by atoms with Crippen molar-refractivity contribution in [1.29, 1.82) is 0 Å². The molecule has 0 unspecified atom stereocenters. The van der Waals surface area contributed by atoms with Crippen LogP contribution in [0.25, 0.3) is 33.5 Å². The van der Waals surface area contributed by atoms with Gasteiger partial charge in [-0.05, 0) is 88.8 Å². The second kappa shape index (κ2) is 10.8. The minimum atomic E-state index is -0.306. The first-order valence-electron chi connectivity index (χ1n) is 11.9. The Bertz CT molecular complexity index is 1950. The number of hydrogen-bond donors (Lipinski definition) is 0. The lowest BCUT2D eigenvalue weighted by Gasteiger charge is -2.10. The first kappa shape index (κ1) is 25.6. The normalized spacial score (nSPS) is 11.6. The first-order chi connectivity index (χ1) is 19.0. The largest absolute Gasteiger partial charge is 0.488 e. The summed E-state index contributed by atoms with van der Waals surface area (Å²) in [6, 6.07) is 27.5. The number of benzene rings is 4. The average molecular weight is 666 g/mol. The number of rotatable bonds is 6. The standard InChI is InChI=1S/C30H18Cl2IN3O3/c31-21-10-12-26-20(14-21)15-28(39-26)29-35-25-8-4-2-6-22(25)30(37)36(29)34-16-18-9-11-27(24(33)13-18)38-17-19-5-1-3-7-23(19)32/h1-16H,17H2. The van der Waals surface area contributed by atoms with E-state index in [4.69, 9.17) is 37.3 Å². The van der Waals surface area contributed by atoms with Crippen molar-refractivity contribution in [3.8, 4) is 17.3 Å². The molecular weight excluding hydrogens is 648 g/mol. The second-order valence-electron chi connectivity index (χ2n) is 8.68. The average Bonchev–Trinajstić information content (AvgIpc) is 3.36. The van der Waals surface area contributed by atoms with E-state index >= 15 is 0 Å². The summed E-state index contributed by atoms with van der Waals surface area (Å²) in [6.07, 6.45) is 1.61. The van der Waals surface area contributed by atoms with Gasteiger partial charge in [0.2, 0.25) is 5.82 Å². The van der Waals surface area contributed by atoms with Crippen LogP contribution in [-0.2, 0) is 6.61 Å². The van der Waals surface area contributed by atoms with Crippen molar-refractivity contribution in [2.45, 2.75) is 6.61 Å². The van der Waals surface area contributed by atoms with Crippen molar-refractivity contribution in [3.63, 3.8) is 0 Å². The van der Waals surface area contributed by atoms with E-state index < -0.39 is 0 Å². The molecule has 0 aliphatic rings. The topological polar surface area (TPSA) is 69.6 Å². The summed E-state index contributed by atoms with van der Waals surface area (Å²) >= 11 is 14.6. The van der Waals surface area contributed by atoms with Crippen LogP contribution in [-0.4, -0.2) is 15.9 Å². The van der Waals surface area contributed by atoms with E-state index in [2.05, 4.69) is 27.7 Å². The summed E-state index contributed by atoms with van der Waals surface area (Å²) in [7, 11) is 0. The first-order valence-corrected chi connectivity index (χ1v) is 13.7. The van der Waals surface area contributed by atoms with E-state index in [9.17, 15) is 4.79 Å². The molecule has 0 fully saturated rings. The van der Waals surface area contributed by atoms with E-state index in [0.29, 0.717) is 38.9 Å². The fourth-order valence-corrected chi connectivity index (χ4v) is 5.19. The molecule has 9 heteroatoms. The van der Waals surface area contributed by atoms with Crippen LogP contribution in [0.1, 0.15) is 11.1 Å². The highest BCUT2D eigenvalue weighted by Gasteiger charge is 2.16. The Hall–Kier alpha value is -3.66. The third-order valence-corrected chi connectivity index (χ3v) is 7.52. The summed E-state index contributed by atoms with van der Waals surface area (Å²) in [5.74, 6) is 1.42. The Morgan fingerprint density at radius 2 is 1.79 bits per heavy atom. The van der Waals surface area contributed by atoms with Gasteiger partial charge in [0.1, 0.15) is 17.9 Å². The van der Waals surface area contributed by atoms with Gasteiger partial charge >= 0.3 is 0 Å². The highest BCUT2D eigenvalue weighted by molar-refractivity contribution is 14.1. The molecule has 192 valence electrons. The van der Waals surface area contributed by atoms with Gasteiger partial charge < -0.3 is 9.15 Å². The molecular formula is C30H18Cl2IN3O3. The number of para-hydroxylation sites is 1. The SMILES string of the molecule is O=c1c2ccccc2nc(-c2cc3cc(Cl)ccc3o2)n1N=Cc1ccc(OCc2ccccc2Cl)c(I)c1. The minimum Gasteiger partial charge on any atom is -0.488 e. The van der Waals surface area contributed by atoms with Gasteiger partial charge in [0.05, 0.1) is 20.7 Å². The summed E-state index contributed by atoms with van der Waals surface area (Å²) < 4.78 is 14.2. The van der Waals surface area contributed by atoms with E-state index in [0.717, 1.165) is 25.8 Å². The van der Waals surface area contributed by atoms with Crippen molar-refractivity contribution >= 4 is 73.9 Å². The Labute approximate surface area is 246 Å². The molecule has 2 heterocycles. The lowest BCUT2D eigenvalue weighted by atomic mass is 10.2. The van der Waals surface area contributed by atoms with E-state index in [1.54, 1.807) is 48.7 Å². The number of aromatic nitrogens is 2. The number of nitrogens with zero attached hydrogens (tertiary/aromatic N) is 3. The molecule has 0 amide bonds. The molecule has 6 rings (SSSR count). The summed E-state index contributed by atoms with van der Waals surface area (Å²) in [4.78, 5) is 18.2. The zero-order valence-corrected chi connectivity index (χ0v) is 23.8. The molecule has 0 aliphatic heterocycles. The highest BCUT2D eigenvalue weighted by atomic mass is 127. The number of halogens is 3. The van der Waals surface area contributed by atoms with Gasteiger partial charge in [-0.2, -0.15) is 9.78 Å². The maximum Gasteiger partial charge on any atom is 0.282 e. The van der Waals surface area contributed by atoms with Gasteiger partial charge in [-0.25, -0.2) is 4.98 Å². The number of furan rings is 1. The predicted octanol–water partition coefficient (Wildman–Crippen LogP) is 8.18. The Balaban J connectivity index is 1.36. The zero-order valence-electron chi connectivity index (χ0n) is 20.1.